The van der Waals surface area contributed by atoms with Crippen molar-refractivity contribution < 1.29 is 4.74 Å². The summed E-state index contributed by atoms with van der Waals surface area (Å²) in [6.45, 7) is 5.82. The van der Waals surface area contributed by atoms with Crippen molar-refractivity contribution in [2.24, 2.45) is 0 Å². The topological polar surface area (TPSA) is 12.5 Å². The van der Waals surface area contributed by atoms with Crippen LogP contribution in [0.15, 0.2) is 18.2 Å². The first-order valence-corrected chi connectivity index (χ1v) is 7.21. The van der Waals surface area contributed by atoms with Gasteiger partial charge in [-0.3, -0.25) is 4.90 Å². The summed E-state index contributed by atoms with van der Waals surface area (Å²) in [5.41, 5.74) is 2.96. The zero-order valence-electron chi connectivity index (χ0n) is 11.7. The van der Waals surface area contributed by atoms with Gasteiger partial charge in [-0.05, 0) is 42.6 Å². The third-order valence-electron chi connectivity index (χ3n) is 3.83. The van der Waals surface area contributed by atoms with Gasteiger partial charge in [0.15, 0.2) is 0 Å². The molecule has 0 bridgehead atoms. The summed E-state index contributed by atoms with van der Waals surface area (Å²) in [5, 5.41) is 0. The van der Waals surface area contributed by atoms with Crippen molar-refractivity contribution in [3.63, 3.8) is 0 Å². The average molecular weight is 247 g/mol. The minimum Gasteiger partial charge on any atom is -0.497 e. The van der Waals surface area contributed by atoms with Gasteiger partial charge in [-0.25, -0.2) is 0 Å². The summed E-state index contributed by atoms with van der Waals surface area (Å²) in [6.07, 6.45) is 6.59. The maximum atomic E-state index is 5.31. The zero-order chi connectivity index (χ0) is 12.8. The first-order valence-electron chi connectivity index (χ1n) is 7.21. The molecule has 0 radical (unpaired) electrons. The summed E-state index contributed by atoms with van der Waals surface area (Å²) in [7, 11) is 1.74. The van der Waals surface area contributed by atoms with Gasteiger partial charge in [0, 0.05) is 13.1 Å². The Hall–Kier alpha value is -1.02. The van der Waals surface area contributed by atoms with Crippen molar-refractivity contribution in [2.45, 2.75) is 45.6 Å². The maximum Gasteiger partial charge on any atom is 0.119 e. The second-order valence-corrected chi connectivity index (χ2v) is 5.22. The molecule has 2 rings (SSSR count). The Morgan fingerprint density at radius 2 is 2.06 bits per heavy atom. The quantitative estimate of drug-likeness (QED) is 0.712. The minimum atomic E-state index is 0.988. The van der Waals surface area contributed by atoms with Gasteiger partial charge < -0.3 is 4.74 Å². The molecule has 0 spiro atoms. The van der Waals surface area contributed by atoms with E-state index < -0.39 is 0 Å². The largest absolute Gasteiger partial charge is 0.497 e. The summed E-state index contributed by atoms with van der Waals surface area (Å²) >= 11 is 0. The molecular formula is C16H25NO. The highest BCUT2D eigenvalue weighted by atomic mass is 16.5. The number of hydrogen-bond acceptors (Lipinski definition) is 2. The van der Waals surface area contributed by atoms with E-state index in [0.29, 0.717) is 0 Å². The van der Waals surface area contributed by atoms with Gasteiger partial charge in [0.2, 0.25) is 0 Å². The molecule has 18 heavy (non-hydrogen) atoms. The first kappa shape index (κ1) is 13.4. The van der Waals surface area contributed by atoms with E-state index in [0.717, 1.165) is 12.3 Å². The zero-order valence-corrected chi connectivity index (χ0v) is 11.7. The molecule has 0 atom stereocenters. The molecule has 1 aromatic carbocycles. The molecule has 1 aliphatic heterocycles. The SMILES string of the molecule is CCCCCCN1CCc2ccc(OC)cc2C1. The molecule has 2 nitrogen and oxygen atoms in total. The van der Waals surface area contributed by atoms with E-state index in [4.69, 9.17) is 4.74 Å². The molecule has 100 valence electrons. The van der Waals surface area contributed by atoms with Gasteiger partial charge in [0.1, 0.15) is 5.75 Å². The molecule has 1 aromatic rings. The Balaban J connectivity index is 1.88. The third-order valence-corrected chi connectivity index (χ3v) is 3.83. The molecule has 0 saturated carbocycles. The van der Waals surface area contributed by atoms with Crippen LogP contribution in [0.25, 0.3) is 0 Å². The molecule has 0 aromatic heterocycles. The third kappa shape index (κ3) is 3.49. The maximum absolute atomic E-state index is 5.31. The fourth-order valence-electron chi connectivity index (χ4n) is 2.67. The number of methoxy groups -OCH3 is 1. The number of rotatable bonds is 6. The van der Waals surface area contributed by atoms with Crippen LogP contribution in [0.5, 0.6) is 5.75 Å². The number of benzene rings is 1. The lowest BCUT2D eigenvalue weighted by Gasteiger charge is -2.29. The lowest BCUT2D eigenvalue weighted by atomic mass is 9.99. The van der Waals surface area contributed by atoms with E-state index in [9.17, 15) is 0 Å². The predicted molar refractivity (Wildman–Crippen MR) is 76.1 cm³/mol. The van der Waals surface area contributed by atoms with Crippen molar-refractivity contribution >= 4 is 0 Å². The highest BCUT2D eigenvalue weighted by Gasteiger charge is 2.16. The Morgan fingerprint density at radius 1 is 1.17 bits per heavy atom. The van der Waals surface area contributed by atoms with Crippen molar-refractivity contribution in [2.75, 3.05) is 20.2 Å². The van der Waals surface area contributed by atoms with E-state index >= 15 is 0 Å². The van der Waals surface area contributed by atoms with Crippen molar-refractivity contribution in [3.05, 3.63) is 29.3 Å². The Kier molecular flexibility index (Phi) is 5.06. The average Bonchev–Trinajstić information content (AvgIpc) is 2.42. The standard InChI is InChI=1S/C16H25NO/c1-3-4-5-6-10-17-11-9-14-7-8-16(18-2)12-15(14)13-17/h7-8,12H,3-6,9-11,13H2,1-2H3. The van der Waals surface area contributed by atoms with Gasteiger partial charge in [-0.2, -0.15) is 0 Å². The molecule has 1 aliphatic rings. The number of hydrogen-bond donors (Lipinski definition) is 0. The highest BCUT2D eigenvalue weighted by molar-refractivity contribution is 5.37. The molecule has 1 heterocycles. The van der Waals surface area contributed by atoms with Gasteiger partial charge >= 0.3 is 0 Å². The summed E-state index contributed by atoms with van der Waals surface area (Å²) < 4.78 is 5.31. The van der Waals surface area contributed by atoms with E-state index in [2.05, 4.69) is 30.0 Å². The van der Waals surface area contributed by atoms with Crippen LogP contribution in [0.1, 0.15) is 43.7 Å². The van der Waals surface area contributed by atoms with Crippen molar-refractivity contribution in [1.29, 1.82) is 0 Å². The van der Waals surface area contributed by atoms with Crippen LogP contribution in [0.2, 0.25) is 0 Å². The molecule has 2 heteroatoms. The number of nitrogens with zero attached hydrogens (tertiary/aromatic N) is 1. The number of ether oxygens (including phenoxy) is 1. The Morgan fingerprint density at radius 3 is 2.83 bits per heavy atom. The highest BCUT2D eigenvalue weighted by Crippen LogP contribution is 2.23. The number of unbranched alkanes of at least 4 members (excludes halogenated alkanes) is 3. The molecular weight excluding hydrogens is 222 g/mol. The second kappa shape index (κ2) is 6.79. The molecule has 0 fully saturated rings. The fourth-order valence-corrected chi connectivity index (χ4v) is 2.67. The first-order chi connectivity index (χ1) is 8.83. The van der Waals surface area contributed by atoms with Gasteiger partial charge in [0.05, 0.1) is 7.11 Å². The molecule has 0 amide bonds. The molecule has 0 aliphatic carbocycles. The second-order valence-electron chi connectivity index (χ2n) is 5.22. The summed E-state index contributed by atoms with van der Waals surface area (Å²) in [4.78, 5) is 2.58. The van der Waals surface area contributed by atoms with Crippen LogP contribution < -0.4 is 4.74 Å². The molecule has 0 N–H and O–H groups in total. The van der Waals surface area contributed by atoms with Gasteiger partial charge in [-0.1, -0.05) is 32.3 Å². The minimum absolute atomic E-state index is 0.988. The van der Waals surface area contributed by atoms with E-state index in [1.807, 2.05) is 0 Å². The molecule has 0 saturated heterocycles. The van der Waals surface area contributed by atoms with E-state index in [-0.39, 0.29) is 0 Å². The van der Waals surface area contributed by atoms with Crippen LogP contribution in [0, 0.1) is 0 Å². The van der Waals surface area contributed by atoms with Crippen LogP contribution in [0.4, 0.5) is 0 Å². The lowest BCUT2D eigenvalue weighted by molar-refractivity contribution is 0.247. The van der Waals surface area contributed by atoms with E-state index in [1.54, 1.807) is 7.11 Å². The fraction of sp³-hybridized carbons (Fsp3) is 0.625. The van der Waals surface area contributed by atoms with Gasteiger partial charge in [-0.15, -0.1) is 0 Å². The van der Waals surface area contributed by atoms with Crippen LogP contribution in [-0.2, 0) is 13.0 Å². The monoisotopic (exact) mass is 247 g/mol. The smallest absolute Gasteiger partial charge is 0.119 e. The van der Waals surface area contributed by atoms with Crippen molar-refractivity contribution in [3.8, 4) is 5.75 Å². The summed E-state index contributed by atoms with van der Waals surface area (Å²) in [6, 6.07) is 6.51. The normalized spacial score (nSPS) is 15.4. The predicted octanol–water partition coefficient (Wildman–Crippen LogP) is 3.63. The number of fused-ring (bicyclic) bond motifs is 1. The van der Waals surface area contributed by atoms with Crippen LogP contribution in [0.3, 0.4) is 0 Å². The van der Waals surface area contributed by atoms with Crippen LogP contribution in [-0.4, -0.2) is 25.1 Å². The van der Waals surface area contributed by atoms with Crippen LogP contribution >= 0.6 is 0 Å². The van der Waals surface area contributed by atoms with Gasteiger partial charge in [0.25, 0.3) is 0 Å². The summed E-state index contributed by atoms with van der Waals surface area (Å²) in [5.74, 6) is 0.988. The molecule has 0 unspecified atom stereocenters. The Labute approximate surface area is 111 Å². The van der Waals surface area contributed by atoms with E-state index in [1.165, 1.54) is 56.3 Å². The van der Waals surface area contributed by atoms with Crippen molar-refractivity contribution in [1.82, 2.24) is 4.90 Å². The lowest BCUT2D eigenvalue weighted by Crippen LogP contribution is -2.31. The Bertz CT molecular complexity index is 375.